The Morgan fingerprint density at radius 1 is 1.03 bits per heavy atom. The largest absolute Gasteiger partial charge is 0.493 e. The molecule has 1 N–H and O–H groups in total. The lowest BCUT2D eigenvalue weighted by molar-refractivity contribution is 0.318. The Bertz CT molecular complexity index is 1020. The molecule has 1 aliphatic rings. The van der Waals surface area contributed by atoms with E-state index in [0.29, 0.717) is 13.2 Å². The van der Waals surface area contributed by atoms with Crippen LogP contribution >= 0.6 is 11.8 Å². The zero-order valence-electron chi connectivity index (χ0n) is 17.2. The summed E-state index contributed by atoms with van der Waals surface area (Å²) in [4.78, 5) is 0. The van der Waals surface area contributed by atoms with Crippen LogP contribution in [0.2, 0.25) is 0 Å². The summed E-state index contributed by atoms with van der Waals surface area (Å²) in [6, 6.07) is 12.4. The molecule has 7 heteroatoms. The van der Waals surface area contributed by atoms with Crippen molar-refractivity contribution in [2.75, 3.05) is 18.6 Å². The molecule has 29 heavy (non-hydrogen) atoms. The average molecular weight is 411 g/mol. The first-order chi connectivity index (χ1) is 14.2. The number of nitrogens with one attached hydrogen (secondary N) is 1. The fraction of sp³-hybridized carbons (Fsp3) is 0.364. The summed E-state index contributed by atoms with van der Waals surface area (Å²) in [6.07, 6.45) is 0.896. The van der Waals surface area contributed by atoms with Crippen molar-refractivity contribution >= 4 is 11.8 Å². The van der Waals surface area contributed by atoms with E-state index in [-0.39, 0.29) is 5.37 Å². The minimum atomic E-state index is -0.00852. The van der Waals surface area contributed by atoms with E-state index in [4.69, 9.17) is 9.47 Å². The van der Waals surface area contributed by atoms with Crippen LogP contribution in [0.4, 0.5) is 0 Å². The summed E-state index contributed by atoms with van der Waals surface area (Å²) in [7, 11) is 0. The number of hydrogen-bond acceptors (Lipinski definition) is 6. The van der Waals surface area contributed by atoms with E-state index in [1.165, 1.54) is 11.1 Å². The van der Waals surface area contributed by atoms with Crippen LogP contribution in [0.15, 0.2) is 41.6 Å². The molecule has 0 saturated heterocycles. The Kier molecular flexibility index (Phi) is 5.67. The molecular weight excluding hydrogens is 384 g/mol. The molecular formula is C22H26N4O2S. The van der Waals surface area contributed by atoms with Crippen molar-refractivity contribution in [3.63, 3.8) is 0 Å². The topological polar surface area (TPSA) is 61.2 Å². The molecule has 1 aliphatic heterocycles. The van der Waals surface area contributed by atoms with Crippen molar-refractivity contribution in [1.82, 2.24) is 14.9 Å². The van der Waals surface area contributed by atoms with Crippen LogP contribution in [0.5, 0.6) is 11.5 Å². The van der Waals surface area contributed by atoms with Gasteiger partial charge in [-0.25, -0.2) is 4.68 Å². The zero-order chi connectivity index (χ0) is 20.4. The highest BCUT2D eigenvalue weighted by Crippen LogP contribution is 2.45. The van der Waals surface area contributed by atoms with Gasteiger partial charge in [0, 0.05) is 17.2 Å². The molecule has 0 radical (unpaired) electrons. The molecule has 4 rings (SSSR count). The van der Waals surface area contributed by atoms with Crippen LogP contribution in [0.3, 0.4) is 0 Å². The van der Waals surface area contributed by atoms with Crippen molar-refractivity contribution in [1.29, 1.82) is 0 Å². The maximum Gasteiger partial charge on any atom is 0.212 e. The molecule has 0 bridgehead atoms. The summed E-state index contributed by atoms with van der Waals surface area (Å²) in [5.41, 5.74) is 8.08. The Balaban J connectivity index is 1.70. The van der Waals surface area contributed by atoms with Crippen molar-refractivity contribution in [2.45, 2.75) is 44.6 Å². The highest BCUT2D eigenvalue weighted by Gasteiger charge is 2.31. The maximum absolute atomic E-state index is 5.97. The molecule has 0 fully saturated rings. The van der Waals surface area contributed by atoms with Crippen LogP contribution in [0.1, 0.15) is 42.8 Å². The van der Waals surface area contributed by atoms with E-state index in [2.05, 4.69) is 47.7 Å². The molecule has 1 aromatic heterocycles. The number of rotatable bonds is 7. The standard InChI is InChI=1S/C22H26N4O2S/c1-5-15-12-17(19(28-7-3)13-18(15)27-6-2)21-25-26-20(23-24-22(26)29-21)16-11-9-8-10-14(16)4/h8-13,21,25H,5-7H2,1-4H3. The number of ether oxygens (including phenoxy) is 2. The highest BCUT2D eigenvalue weighted by atomic mass is 32.2. The van der Waals surface area contributed by atoms with Crippen molar-refractivity contribution in [2.24, 2.45) is 0 Å². The number of fused-ring (bicyclic) bond motifs is 1. The molecule has 2 aromatic carbocycles. The summed E-state index contributed by atoms with van der Waals surface area (Å²) in [5, 5.41) is 9.65. The average Bonchev–Trinajstić information content (AvgIpc) is 3.30. The van der Waals surface area contributed by atoms with Crippen molar-refractivity contribution < 1.29 is 9.47 Å². The number of aryl methyl sites for hydroxylation is 2. The smallest absolute Gasteiger partial charge is 0.212 e. The van der Waals surface area contributed by atoms with Gasteiger partial charge in [-0.05, 0) is 44.4 Å². The Morgan fingerprint density at radius 2 is 1.79 bits per heavy atom. The number of aromatic nitrogens is 3. The number of benzene rings is 2. The molecule has 2 heterocycles. The molecule has 0 spiro atoms. The summed E-state index contributed by atoms with van der Waals surface area (Å²) in [6.45, 7) is 9.46. The van der Waals surface area contributed by atoms with Gasteiger partial charge < -0.3 is 14.9 Å². The van der Waals surface area contributed by atoms with Gasteiger partial charge in [-0.2, -0.15) is 0 Å². The highest BCUT2D eigenvalue weighted by molar-refractivity contribution is 7.99. The minimum Gasteiger partial charge on any atom is -0.493 e. The third-order valence-electron chi connectivity index (χ3n) is 4.94. The van der Waals surface area contributed by atoms with Crippen LogP contribution < -0.4 is 14.9 Å². The van der Waals surface area contributed by atoms with Crippen LogP contribution in [0, 0.1) is 6.92 Å². The second-order valence-electron chi connectivity index (χ2n) is 6.80. The monoisotopic (exact) mass is 410 g/mol. The van der Waals surface area contributed by atoms with Crippen LogP contribution in [0.25, 0.3) is 11.4 Å². The van der Waals surface area contributed by atoms with E-state index in [1.54, 1.807) is 11.8 Å². The van der Waals surface area contributed by atoms with Gasteiger partial charge in [0.2, 0.25) is 5.16 Å². The molecule has 152 valence electrons. The molecule has 3 aromatic rings. The predicted molar refractivity (Wildman–Crippen MR) is 116 cm³/mol. The fourth-order valence-electron chi connectivity index (χ4n) is 3.52. The molecule has 1 unspecified atom stereocenters. The molecule has 0 aliphatic carbocycles. The minimum absolute atomic E-state index is 0.00852. The normalized spacial score (nSPS) is 15.1. The molecule has 0 saturated carbocycles. The molecule has 0 amide bonds. The van der Waals surface area contributed by atoms with E-state index in [9.17, 15) is 0 Å². The molecule has 1 atom stereocenters. The van der Waals surface area contributed by atoms with E-state index in [1.807, 2.05) is 36.7 Å². The lowest BCUT2D eigenvalue weighted by Crippen LogP contribution is -2.15. The van der Waals surface area contributed by atoms with Gasteiger partial charge in [0.25, 0.3) is 0 Å². The second-order valence-corrected chi connectivity index (χ2v) is 7.87. The van der Waals surface area contributed by atoms with Crippen LogP contribution in [-0.4, -0.2) is 28.1 Å². The zero-order valence-corrected chi connectivity index (χ0v) is 18.0. The third-order valence-corrected chi connectivity index (χ3v) is 6.02. The van der Waals surface area contributed by atoms with E-state index < -0.39 is 0 Å². The Morgan fingerprint density at radius 3 is 2.52 bits per heavy atom. The van der Waals surface area contributed by atoms with E-state index in [0.717, 1.165) is 40.0 Å². The van der Waals surface area contributed by atoms with E-state index >= 15 is 0 Å². The SMILES string of the molecule is CCOc1cc(OCC)c(C2Nn3c(nnc3-c3ccccc3C)S2)cc1CC. The van der Waals surface area contributed by atoms with Gasteiger partial charge in [0.15, 0.2) is 5.82 Å². The number of nitrogens with zero attached hydrogens (tertiary/aromatic N) is 3. The second kappa shape index (κ2) is 8.37. The lowest BCUT2D eigenvalue weighted by atomic mass is 10.1. The first-order valence-corrected chi connectivity index (χ1v) is 10.9. The predicted octanol–water partition coefficient (Wildman–Crippen LogP) is 4.96. The van der Waals surface area contributed by atoms with Gasteiger partial charge in [-0.1, -0.05) is 43.0 Å². The Labute approximate surface area is 175 Å². The quantitative estimate of drug-likeness (QED) is 0.594. The number of hydrogen-bond donors (Lipinski definition) is 1. The first-order valence-electron chi connectivity index (χ1n) is 10.0. The lowest BCUT2D eigenvalue weighted by Gasteiger charge is -2.20. The van der Waals surface area contributed by atoms with Gasteiger partial charge in [0.05, 0.1) is 13.2 Å². The van der Waals surface area contributed by atoms with Crippen molar-refractivity contribution in [3.8, 4) is 22.9 Å². The van der Waals surface area contributed by atoms with Gasteiger partial charge in [-0.15, -0.1) is 10.2 Å². The van der Waals surface area contributed by atoms with Crippen molar-refractivity contribution in [3.05, 3.63) is 53.1 Å². The summed E-state index contributed by atoms with van der Waals surface area (Å²) in [5.74, 6) is 2.56. The third kappa shape index (κ3) is 3.67. The molecule has 6 nitrogen and oxygen atoms in total. The van der Waals surface area contributed by atoms with Gasteiger partial charge in [0.1, 0.15) is 16.9 Å². The summed E-state index contributed by atoms with van der Waals surface area (Å²) >= 11 is 1.65. The van der Waals surface area contributed by atoms with Crippen LogP contribution in [-0.2, 0) is 6.42 Å². The fourth-order valence-corrected chi connectivity index (χ4v) is 4.53. The van der Waals surface area contributed by atoms with Gasteiger partial charge >= 0.3 is 0 Å². The summed E-state index contributed by atoms with van der Waals surface area (Å²) < 4.78 is 13.8. The van der Waals surface area contributed by atoms with Gasteiger partial charge in [-0.3, -0.25) is 0 Å². The Hall–Kier alpha value is -2.67. The number of thioether (sulfide) groups is 1. The first kappa shape index (κ1) is 19.6. The maximum atomic E-state index is 5.97.